The fraction of sp³-hybridized carbons (Fsp3) is 0.385. The van der Waals surface area contributed by atoms with Gasteiger partial charge in [0.2, 0.25) is 11.8 Å². The van der Waals surface area contributed by atoms with Gasteiger partial charge in [-0.25, -0.2) is 0 Å². The summed E-state index contributed by atoms with van der Waals surface area (Å²) in [5.41, 5.74) is 11.0. The van der Waals surface area contributed by atoms with E-state index in [1.807, 2.05) is 45.2 Å². The van der Waals surface area contributed by atoms with E-state index in [0.29, 0.717) is 7.16 Å². The van der Waals surface area contributed by atoms with Crippen molar-refractivity contribution in [1.29, 1.82) is 0 Å². The number of carbonyl (C=O) groups is 4. The zero-order valence-corrected chi connectivity index (χ0v) is 19.0. The summed E-state index contributed by atoms with van der Waals surface area (Å²) in [5.74, 6) is -3.83. The zero-order valence-electron chi connectivity index (χ0n) is 12.6. The second-order valence-electron chi connectivity index (χ2n) is 4.90. The Kier molecular flexibility index (Phi) is 7.46. The SMILES string of the molecule is CC(=O)OC(C)C(=O)NC1(I)C(C(N)=O)=C(I)C=C(I)C1C(N)=O. The molecule has 0 heterocycles. The fourth-order valence-electron chi connectivity index (χ4n) is 2.13. The highest BCUT2D eigenvalue weighted by molar-refractivity contribution is 14.1. The van der Waals surface area contributed by atoms with Gasteiger partial charge in [-0.05, 0) is 80.8 Å². The maximum Gasteiger partial charge on any atom is 0.303 e. The molecule has 0 aromatic heterocycles. The van der Waals surface area contributed by atoms with Crippen molar-refractivity contribution in [2.24, 2.45) is 17.4 Å². The van der Waals surface area contributed by atoms with Crippen LogP contribution < -0.4 is 16.8 Å². The van der Waals surface area contributed by atoms with E-state index in [-0.39, 0.29) is 5.57 Å². The van der Waals surface area contributed by atoms with Crippen LogP contribution in [0.1, 0.15) is 13.8 Å². The standard InChI is InChI=1S/C13H14I3N3O5/c1-4(24-5(2)20)12(23)19-13(16)8(10(17)21)6(14)3-7(15)9(13)11(18)22/h3-4,8H,1-2H3,(H2,17,21)(H2,18,22)(H,19,23). The van der Waals surface area contributed by atoms with Crippen LogP contribution in [-0.4, -0.2) is 33.3 Å². The molecule has 0 radical (unpaired) electrons. The van der Waals surface area contributed by atoms with E-state index in [1.54, 1.807) is 28.7 Å². The number of nitrogens with one attached hydrogen (secondary N) is 1. The van der Waals surface area contributed by atoms with E-state index in [2.05, 4.69) is 5.32 Å². The molecule has 11 heteroatoms. The molecule has 3 amide bonds. The lowest BCUT2D eigenvalue weighted by molar-refractivity contribution is -0.153. The number of hydrogen-bond donors (Lipinski definition) is 3. The third kappa shape index (κ3) is 4.59. The number of halogens is 3. The van der Waals surface area contributed by atoms with Gasteiger partial charge in [-0.15, -0.1) is 0 Å². The first-order valence-corrected chi connectivity index (χ1v) is 9.70. The van der Waals surface area contributed by atoms with E-state index < -0.39 is 39.3 Å². The Hall–Kier alpha value is -0.450. The summed E-state index contributed by atoms with van der Waals surface area (Å²) in [5, 5.41) is 2.58. The Balaban J connectivity index is 3.37. The van der Waals surface area contributed by atoms with Crippen molar-refractivity contribution < 1.29 is 23.9 Å². The summed E-state index contributed by atoms with van der Waals surface area (Å²) in [6.07, 6.45) is 0.493. The van der Waals surface area contributed by atoms with Gasteiger partial charge in [0.25, 0.3) is 5.91 Å². The molecule has 0 bridgehead atoms. The molecule has 1 aliphatic rings. The highest BCUT2D eigenvalue weighted by Gasteiger charge is 2.51. The number of allylic oxidation sites excluding steroid dienone is 2. The second kappa shape index (κ2) is 8.29. The van der Waals surface area contributed by atoms with Crippen molar-refractivity contribution in [3.63, 3.8) is 0 Å². The van der Waals surface area contributed by atoms with Crippen molar-refractivity contribution in [2.75, 3.05) is 0 Å². The third-order valence-corrected chi connectivity index (χ3v) is 6.31. The van der Waals surface area contributed by atoms with E-state index in [4.69, 9.17) is 16.2 Å². The van der Waals surface area contributed by atoms with Crippen LogP contribution in [0.15, 0.2) is 18.8 Å². The Bertz CT molecular complexity index is 676. The first kappa shape index (κ1) is 21.6. The van der Waals surface area contributed by atoms with E-state index in [1.165, 1.54) is 13.8 Å². The maximum atomic E-state index is 12.4. The molecule has 1 rings (SSSR count). The second-order valence-corrected chi connectivity index (χ2v) is 9.01. The molecule has 0 aromatic carbocycles. The summed E-state index contributed by atoms with van der Waals surface area (Å²) < 4.78 is 4.37. The Labute approximate surface area is 179 Å². The largest absolute Gasteiger partial charge is 0.453 e. The van der Waals surface area contributed by atoms with Crippen LogP contribution in [0.3, 0.4) is 0 Å². The fourth-order valence-corrected chi connectivity index (χ4v) is 7.42. The van der Waals surface area contributed by atoms with Crippen LogP contribution in [0.2, 0.25) is 0 Å². The highest BCUT2D eigenvalue weighted by Crippen LogP contribution is 2.46. The molecule has 5 N–H and O–H groups in total. The molecule has 1 aliphatic carbocycles. The predicted molar refractivity (Wildman–Crippen MR) is 111 cm³/mol. The quantitative estimate of drug-likeness (QED) is 0.172. The Morgan fingerprint density at radius 2 is 1.83 bits per heavy atom. The van der Waals surface area contributed by atoms with Gasteiger partial charge in [0.05, 0.1) is 5.57 Å². The topological polar surface area (TPSA) is 142 Å². The predicted octanol–water partition coefficient (Wildman–Crippen LogP) is 0.794. The van der Waals surface area contributed by atoms with E-state index in [0.717, 1.165) is 0 Å². The van der Waals surface area contributed by atoms with Gasteiger partial charge in [-0.1, -0.05) is 0 Å². The van der Waals surface area contributed by atoms with Gasteiger partial charge in [0, 0.05) is 14.1 Å². The average molecular weight is 673 g/mol. The number of hydrogen-bond acceptors (Lipinski definition) is 5. The highest BCUT2D eigenvalue weighted by atomic mass is 127. The molecule has 3 atom stereocenters. The van der Waals surface area contributed by atoms with Gasteiger partial charge in [-0.3, -0.25) is 19.2 Å². The molecule has 3 unspecified atom stereocenters. The Morgan fingerprint density at radius 3 is 2.25 bits per heavy atom. The van der Waals surface area contributed by atoms with Crippen LogP contribution in [0.25, 0.3) is 0 Å². The van der Waals surface area contributed by atoms with Crippen molar-refractivity contribution in [3.8, 4) is 0 Å². The number of primary amides is 2. The number of nitrogens with two attached hydrogens (primary N) is 2. The summed E-state index contributed by atoms with van der Waals surface area (Å²) >= 11 is 5.59. The molecule has 132 valence electrons. The maximum absolute atomic E-state index is 12.4. The average Bonchev–Trinajstić information content (AvgIpc) is 2.34. The number of carbonyl (C=O) groups excluding carboxylic acids is 4. The summed E-state index contributed by atoms with van der Waals surface area (Å²) in [6.45, 7) is 2.54. The van der Waals surface area contributed by atoms with Crippen LogP contribution in [0, 0.1) is 5.92 Å². The first-order chi connectivity index (χ1) is 10.9. The van der Waals surface area contributed by atoms with Crippen molar-refractivity contribution in [1.82, 2.24) is 5.32 Å². The van der Waals surface area contributed by atoms with E-state index in [9.17, 15) is 19.2 Å². The summed E-state index contributed by atoms with van der Waals surface area (Å²) in [4.78, 5) is 47.2. The molecule has 0 saturated carbocycles. The minimum absolute atomic E-state index is 0.0521. The smallest absolute Gasteiger partial charge is 0.303 e. The van der Waals surface area contributed by atoms with Crippen molar-refractivity contribution in [3.05, 3.63) is 18.8 Å². The lowest BCUT2D eigenvalue weighted by Crippen LogP contribution is -2.59. The van der Waals surface area contributed by atoms with Crippen LogP contribution in [0.4, 0.5) is 0 Å². The number of amides is 3. The minimum atomic E-state index is -1.48. The lowest BCUT2D eigenvalue weighted by Gasteiger charge is -2.39. The number of rotatable bonds is 5. The van der Waals surface area contributed by atoms with E-state index >= 15 is 0 Å². The number of alkyl halides is 1. The molecule has 0 spiro atoms. The van der Waals surface area contributed by atoms with Crippen LogP contribution in [0.5, 0.6) is 0 Å². The first-order valence-electron chi connectivity index (χ1n) is 6.46. The monoisotopic (exact) mass is 673 g/mol. The van der Waals surface area contributed by atoms with Gasteiger partial charge in [-0.2, -0.15) is 0 Å². The third-order valence-electron chi connectivity index (χ3n) is 3.09. The van der Waals surface area contributed by atoms with Gasteiger partial charge >= 0.3 is 5.97 Å². The summed E-state index contributed by atoms with van der Waals surface area (Å²) in [7, 11) is 0. The number of ether oxygens (including phenoxy) is 1. The summed E-state index contributed by atoms with van der Waals surface area (Å²) in [6, 6.07) is 0. The van der Waals surface area contributed by atoms with Gasteiger partial charge < -0.3 is 21.5 Å². The van der Waals surface area contributed by atoms with Crippen molar-refractivity contribution >= 4 is 91.5 Å². The lowest BCUT2D eigenvalue weighted by atomic mass is 9.87. The van der Waals surface area contributed by atoms with Crippen LogP contribution >= 0.6 is 67.8 Å². The number of esters is 1. The molecule has 0 aromatic rings. The normalized spacial score (nSPS) is 24.7. The molecule has 24 heavy (non-hydrogen) atoms. The Morgan fingerprint density at radius 1 is 1.29 bits per heavy atom. The molecular formula is C13H14I3N3O5. The molecular weight excluding hydrogens is 659 g/mol. The van der Waals surface area contributed by atoms with Crippen LogP contribution in [-0.2, 0) is 23.9 Å². The molecule has 0 saturated heterocycles. The molecule has 8 nitrogen and oxygen atoms in total. The van der Waals surface area contributed by atoms with Gasteiger partial charge in [0.15, 0.2) is 6.10 Å². The zero-order chi connectivity index (χ0) is 18.8. The van der Waals surface area contributed by atoms with Gasteiger partial charge in [0.1, 0.15) is 9.46 Å². The minimum Gasteiger partial charge on any atom is -0.453 e. The molecule has 0 fully saturated rings. The molecule has 0 aliphatic heterocycles. The van der Waals surface area contributed by atoms with Crippen molar-refractivity contribution in [2.45, 2.75) is 23.5 Å².